The predicted octanol–water partition coefficient (Wildman–Crippen LogP) is 3.98. The highest BCUT2D eigenvalue weighted by molar-refractivity contribution is 6.34. The smallest absolute Gasteiger partial charge is 0.255 e. The number of rotatable bonds is 6. The minimum Gasteiger partial charge on any atom is -0.378 e. The molecule has 2 aromatic carbocycles. The van der Waals surface area contributed by atoms with Crippen LogP contribution in [0.5, 0.6) is 0 Å². The summed E-state index contributed by atoms with van der Waals surface area (Å²) in [6.07, 6.45) is 4.77. The van der Waals surface area contributed by atoms with Crippen molar-refractivity contribution < 1.29 is 14.3 Å². The fourth-order valence-corrected chi connectivity index (χ4v) is 4.58. The fraction of sp³-hybridized carbons (Fsp3) is 0.440. The average molecular weight is 456 g/mol. The number of hydrogen-bond donors (Lipinski definition) is 2. The van der Waals surface area contributed by atoms with Crippen molar-refractivity contribution in [1.82, 2.24) is 10.2 Å². The molecule has 1 atom stereocenters. The molecule has 0 aromatic heterocycles. The molecule has 2 N–H and O–H groups in total. The molecular formula is C25H30ClN3O3. The first kappa shape index (κ1) is 22.6. The van der Waals surface area contributed by atoms with Gasteiger partial charge in [-0.15, -0.1) is 0 Å². The van der Waals surface area contributed by atoms with Crippen LogP contribution in [0.25, 0.3) is 0 Å². The zero-order valence-electron chi connectivity index (χ0n) is 18.5. The normalized spacial score (nSPS) is 16.8. The van der Waals surface area contributed by atoms with Gasteiger partial charge >= 0.3 is 0 Å². The number of hydrogen-bond acceptors (Lipinski definition) is 4. The van der Waals surface area contributed by atoms with E-state index in [0.29, 0.717) is 42.6 Å². The van der Waals surface area contributed by atoms with Crippen LogP contribution >= 0.6 is 11.6 Å². The number of benzene rings is 2. The van der Waals surface area contributed by atoms with Gasteiger partial charge in [-0.2, -0.15) is 0 Å². The number of fused-ring (bicyclic) bond motifs is 1. The highest BCUT2D eigenvalue weighted by atomic mass is 35.5. The molecule has 0 spiro atoms. The Labute approximate surface area is 194 Å². The van der Waals surface area contributed by atoms with Gasteiger partial charge in [-0.25, -0.2) is 0 Å². The highest BCUT2D eigenvalue weighted by Gasteiger charge is 2.21. The molecule has 6 nitrogen and oxygen atoms in total. The SMILES string of the molecule is CC(NC(=O)CNc1ccc(C(=O)N2CCOCC2)c(Cl)c1)c1ccc2c(c1)CCCC2. The summed E-state index contributed by atoms with van der Waals surface area (Å²) in [5, 5.41) is 6.52. The van der Waals surface area contributed by atoms with Gasteiger partial charge in [0.25, 0.3) is 5.91 Å². The van der Waals surface area contributed by atoms with Crippen molar-refractivity contribution in [3.05, 3.63) is 63.7 Å². The molecule has 1 heterocycles. The zero-order valence-corrected chi connectivity index (χ0v) is 19.2. The number of carbonyl (C=O) groups excluding carboxylic acids is 2. The summed E-state index contributed by atoms with van der Waals surface area (Å²) in [5.74, 6) is -0.193. The third-order valence-electron chi connectivity index (χ3n) is 6.20. The lowest BCUT2D eigenvalue weighted by Gasteiger charge is -2.27. The number of aryl methyl sites for hydroxylation is 2. The minimum absolute atomic E-state index is 0.0614. The Kier molecular flexibility index (Phi) is 7.33. The average Bonchev–Trinajstić information content (AvgIpc) is 2.82. The maximum Gasteiger partial charge on any atom is 0.255 e. The molecule has 1 aliphatic heterocycles. The van der Waals surface area contributed by atoms with Crippen LogP contribution in [0, 0.1) is 0 Å². The zero-order chi connectivity index (χ0) is 22.5. The minimum atomic E-state index is -0.0974. The number of carbonyl (C=O) groups is 2. The lowest BCUT2D eigenvalue weighted by atomic mass is 9.89. The second kappa shape index (κ2) is 10.4. The molecule has 1 saturated heterocycles. The van der Waals surface area contributed by atoms with Crippen molar-refractivity contribution in [2.45, 2.75) is 38.6 Å². The van der Waals surface area contributed by atoms with E-state index >= 15 is 0 Å². The van der Waals surface area contributed by atoms with E-state index in [1.807, 2.05) is 6.92 Å². The van der Waals surface area contributed by atoms with Gasteiger partial charge in [-0.05, 0) is 67.5 Å². The number of nitrogens with one attached hydrogen (secondary N) is 2. The molecule has 7 heteroatoms. The van der Waals surface area contributed by atoms with Crippen molar-refractivity contribution >= 4 is 29.1 Å². The number of nitrogens with zero attached hydrogens (tertiary/aromatic N) is 1. The van der Waals surface area contributed by atoms with Gasteiger partial charge in [0, 0.05) is 18.8 Å². The summed E-state index contributed by atoms with van der Waals surface area (Å²) in [6.45, 7) is 4.35. The monoisotopic (exact) mass is 455 g/mol. The highest BCUT2D eigenvalue weighted by Crippen LogP contribution is 2.25. The maximum atomic E-state index is 12.6. The Balaban J connectivity index is 1.30. The van der Waals surface area contributed by atoms with E-state index in [1.54, 1.807) is 23.1 Å². The van der Waals surface area contributed by atoms with E-state index in [0.717, 1.165) is 18.4 Å². The molecule has 1 aliphatic carbocycles. The third-order valence-corrected chi connectivity index (χ3v) is 6.51. The molecule has 2 amide bonds. The predicted molar refractivity (Wildman–Crippen MR) is 126 cm³/mol. The molecule has 1 unspecified atom stereocenters. The van der Waals surface area contributed by atoms with Crippen LogP contribution < -0.4 is 10.6 Å². The Bertz CT molecular complexity index is 988. The number of halogens is 1. The van der Waals surface area contributed by atoms with Crippen LogP contribution in [-0.4, -0.2) is 49.6 Å². The van der Waals surface area contributed by atoms with Crippen LogP contribution in [0.1, 0.15) is 52.9 Å². The van der Waals surface area contributed by atoms with E-state index in [-0.39, 0.29) is 24.4 Å². The van der Waals surface area contributed by atoms with Gasteiger partial charge in [-0.1, -0.05) is 29.8 Å². The van der Waals surface area contributed by atoms with Crippen molar-refractivity contribution in [2.75, 3.05) is 38.2 Å². The van der Waals surface area contributed by atoms with Gasteiger partial charge in [0.2, 0.25) is 5.91 Å². The van der Waals surface area contributed by atoms with Gasteiger partial charge in [-0.3, -0.25) is 9.59 Å². The molecule has 1 fully saturated rings. The number of anilines is 1. The van der Waals surface area contributed by atoms with Crippen molar-refractivity contribution in [2.24, 2.45) is 0 Å². The second-order valence-electron chi connectivity index (χ2n) is 8.48. The van der Waals surface area contributed by atoms with Crippen LogP contribution in [0.3, 0.4) is 0 Å². The Morgan fingerprint density at radius 3 is 2.56 bits per heavy atom. The molecule has 0 radical (unpaired) electrons. The fourth-order valence-electron chi connectivity index (χ4n) is 4.32. The van der Waals surface area contributed by atoms with Crippen molar-refractivity contribution in [1.29, 1.82) is 0 Å². The summed E-state index contributed by atoms with van der Waals surface area (Å²) in [7, 11) is 0. The standard InChI is InChI=1S/C25H30ClN3O3/c1-17(19-7-6-18-4-2-3-5-20(18)14-19)28-24(30)16-27-21-8-9-22(23(26)15-21)25(31)29-10-12-32-13-11-29/h6-9,14-15,17,27H,2-5,10-13,16H2,1H3,(H,28,30). The van der Waals surface area contributed by atoms with Crippen LogP contribution in [0.4, 0.5) is 5.69 Å². The van der Waals surface area contributed by atoms with E-state index in [4.69, 9.17) is 16.3 Å². The molecule has 4 rings (SSSR count). The second-order valence-corrected chi connectivity index (χ2v) is 8.88. The summed E-state index contributed by atoms with van der Waals surface area (Å²) in [6, 6.07) is 11.7. The molecule has 0 bridgehead atoms. The first-order valence-corrected chi connectivity index (χ1v) is 11.7. The number of ether oxygens (including phenoxy) is 1. The van der Waals surface area contributed by atoms with E-state index in [1.165, 1.54) is 24.0 Å². The lowest BCUT2D eigenvalue weighted by molar-refractivity contribution is -0.120. The largest absolute Gasteiger partial charge is 0.378 e. The van der Waals surface area contributed by atoms with E-state index in [2.05, 4.69) is 28.8 Å². The Hall–Kier alpha value is -2.57. The third kappa shape index (κ3) is 5.43. The molecule has 32 heavy (non-hydrogen) atoms. The number of amides is 2. The van der Waals surface area contributed by atoms with E-state index in [9.17, 15) is 9.59 Å². The van der Waals surface area contributed by atoms with Crippen LogP contribution in [0.15, 0.2) is 36.4 Å². The van der Waals surface area contributed by atoms with Gasteiger partial charge < -0.3 is 20.3 Å². The molecule has 0 saturated carbocycles. The van der Waals surface area contributed by atoms with Gasteiger partial charge in [0.1, 0.15) is 0 Å². The quantitative estimate of drug-likeness (QED) is 0.691. The summed E-state index contributed by atoms with van der Waals surface area (Å²) in [5.41, 5.74) is 5.14. The summed E-state index contributed by atoms with van der Waals surface area (Å²) in [4.78, 5) is 26.9. The van der Waals surface area contributed by atoms with Crippen molar-refractivity contribution in [3.8, 4) is 0 Å². The summed E-state index contributed by atoms with van der Waals surface area (Å²) >= 11 is 6.36. The van der Waals surface area contributed by atoms with Crippen LogP contribution in [-0.2, 0) is 22.4 Å². The topological polar surface area (TPSA) is 70.7 Å². The first-order chi connectivity index (χ1) is 15.5. The Morgan fingerprint density at radius 1 is 1.06 bits per heavy atom. The van der Waals surface area contributed by atoms with E-state index < -0.39 is 0 Å². The number of morpholine rings is 1. The van der Waals surface area contributed by atoms with Gasteiger partial charge in [0.05, 0.1) is 36.4 Å². The lowest BCUT2D eigenvalue weighted by Crippen LogP contribution is -2.40. The summed E-state index contributed by atoms with van der Waals surface area (Å²) < 4.78 is 5.29. The molecule has 2 aliphatic rings. The molecular weight excluding hydrogens is 426 g/mol. The molecule has 170 valence electrons. The van der Waals surface area contributed by atoms with Crippen molar-refractivity contribution in [3.63, 3.8) is 0 Å². The maximum absolute atomic E-state index is 12.6. The van der Waals surface area contributed by atoms with Gasteiger partial charge in [0.15, 0.2) is 0 Å². The molecule has 2 aromatic rings. The Morgan fingerprint density at radius 2 is 1.81 bits per heavy atom. The van der Waals surface area contributed by atoms with Crippen LogP contribution in [0.2, 0.25) is 5.02 Å². The first-order valence-electron chi connectivity index (χ1n) is 11.3.